The minimum atomic E-state index is -0.317. The Hall–Kier alpha value is -3.34. The monoisotopic (exact) mass is 333 g/mol. The summed E-state index contributed by atoms with van der Waals surface area (Å²) in [6.45, 7) is 1.71. The van der Waals surface area contributed by atoms with E-state index in [9.17, 15) is 4.79 Å². The maximum atomic E-state index is 12.0. The van der Waals surface area contributed by atoms with Crippen molar-refractivity contribution in [2.24, 2.45) is 5.10 Å². The van der Waals surface area contributed by atoms with Gasteiger partial charge in [-0.1, -0.05) is 48.5 Å². The molecule has 0 saturated carbocycles. The molecule has 126 valence electrons. The first-order chi connectivity index (χ1) is 12.1. The van der Waals surface area contributed by atoms with Crippen LogP contribution in [0.4, 0.5) is 5.69 Å². The second-order valence-corrected chi connectivity index (χ2v) is 5.62. The Labute approximate surface area is 146 Å². The Morgan fingerprint density at radius 1 is 1.04 bits per heavy atom. The molecule has 0 aliphatic rings. The Kier molecular flexibility index (Phi) is 4.95. The van der Waals surface area contributed by atoms with Crippen molar-refractivity contribution in [3.8, 4) is 5.75 Å². The topological polar surface area (TPSA) is 76.7 Å². The molecule has 0 saturated heterocycles. The summed E-state index contributed by atoms with van der Waals surface area (Å²) >= 11 is 0. The fourth-order valence-electron chi connectivity index (χ4n) is 2.43. The van der Waals surface area contributed by atoms with Gasteiger partial charge in [-0.05, 0) is 36.1 Å². The number of hydrazone groups is 1. The summed E-state index contributed by atoms with van der Waals surface area (Å²) in [7, 11) is 0. The lowest BCUT2D eigenvalue weighted by atomic mass is 10.1. The molecular weight excluding hydrogens is 314 g/mol. The predicted octanol–water partition coefficient (Wildman–Crippen LogP) is 3.34. The summed E-state index contributed by atoms with van der Waals surface area (Å²) in [5.74, 6) is 0.357. The molecule has 0 heterocycles. The van der Waals surface area contributed by atoms with Gasteiger partial charge in [-0.3, -0.25) is 4.79 Å². The van der Waals surface area contributed by atoms with Crippen LogP contribution < -0.4 is 15.9 Å². The first kappa shape index (κ1) is 16.5. The van der Waals surface area contributed by atoms with Gasteiger partial charge in [0.2, 0.25) is 0 Å². The maximum absolute atomic E-state index is 12.0. The Morgan fingerprint density at radius 2 is 1.76 bits per heavy atom. The van der Waals surface area contributed by atoms with Gasteiger partial charge < -0.3 is 10.5 Å². The number of carbonyl (C=O) groups excluding carboxylic acids is 1. The quantitative estimate of drug-likeness (QED) is 0.427. The van der Waals surface area contributed by atoms with Crippen LogP contribution in [0.3, 0.4) is 0 Å². The number of nitrogens with zero attached hydrogens (tertiary/aromatic N) is 1. The number of amides is 1. The van der Waals surface area contributed by atoms with Crippen molar-refractivity contribution in [3.63, 3.8) is 0 Å². The van der Waals surface area contributed by atoms with Crippen LogP contribution in [-0.2, 0) is 4.79 Å². The Bertz CT molecular complexity index is 912. The smallest absolute Gasteiger partial charge is 0.277 e. The van der Waals surface area contributed by atoms with E-state index in [1.54, 1.807) is 12.1 Å². The highest BCUT2D eigenvalue weighted by Crippen LogP contribution is 2.24. The van der Waals surface area contributed by atoms with Crippen LogP contribution in [0.25, 0.3) is 10.8 Å². The van der Waals surface area contributed by atoms with Crippen molar-refractivity contribution in [1.82, 2.24) is 5.43 Å². The van der Waals surface area contributed by atoms with E-state index in [2.05, 4.69) is 10.5 Å². The van der Waals surface area contributed by atoms with E-state index in [1.165, 1.54) is 0 Å². The molecule has 0 radical (unpaired) electrons. The molecule has 0 atom stereocenters. The highest BCUT2D eigenvalue weighted by molar-refractivity contribution is 5.99. The van der Waals surface area contributed by atoms with E-state index < -0.39 is 0 Å². The largest absolute Gasteiger partial charge is 0.483 e. The molecule has 0 aliphatic heterocycles. The molecule has 0 spiro atoms. The summed E-state index contributed by atoms with van der Waals surface area (Å²) < 4.78 is 5.64. The van der Waals surface area contributed by atoms with Gasteiger partial charge in [0.05, 0.1) is 5.71 Å². The van der Waals surface area contributed by atoms with Crippen LogP contribution >= 0.6 is 0 Å². The molecule has 3 N–H and O–H groups in total. The summed E-state index contributed by atoms with van der Waals surface area (Å²) in [6.07, 6.45) is 0. The number of nitrogen functional groups attached to an aromatic ring is 1. The van der Waals surface area contributed by atoms with Gasteiger partial charge in [-0.25, -0.2) is 5.43 Å². The number of ether oxygens (including phenoxy) is 1. The van der Waals surface area contributed by atoms with Gasteiger partial charge in [0, 0.05) is 11.1 Å². The van der Waals surface area contributed by atoms with E-state index in [-0.39, 0.29) is 12.5 Å². The number of rotatable bonds is 5. The molecule has 0 aliphatic carbocycles. The van der Waals surface area contributed by atoms with Gasteiger partial charge in [0.25, 0.3) is 5.91 Å². The lowest BCUT2D eigenvalue weighted by molar-refractivity contribution is -0.123. The molecule has 3 aromatic carbocycles. The molecule has 3 rings (SSSR count). The number of nitrogens with one attached hydrogen (secondary N) is 1. The van der Waals surface area contributed by atoms with Crippen molar-refractivity contribution in [1.29, 1.82) is 0 Å². The molecule has 0 bridgehead atoms. The van der Waals surface area contributed by atoms with Crippen LogP contribution in [0, 0.1) is 0 Å². The second-order valence-electron chi connectivity index (χ2n) is 5.62. The molecule has 5 heteroatoms. The van der Waals surface area contributed by atoms with Crippen LogP contribution in [0.15, 0.2) is 71.8 Å². The lowest BCUT2D eigenvalue weighted by Gasteiger charge is -2.08. The predicted molar refractivity (Wildman–Crippen MR) is 101 cm³/mol. The average Bonchev–Trinajstić information content (AvgIpc) is 2.65. The first-order valence-corrected chi connectivity index (χ1v) is 7.93. The number of hydrogen-bond acceptors (Lipinski definition) is 4. The number of anilines is 1. The molecular formula is C20H19N3O2. The molecule has 25 heavy (non-hydrogen) atoms. The average molecular weight is 333 g/mol. The van der Waals surface area contributed by atoms with Crippen molar-refractivity contribution in [2.75, 3.05) is 12.3 Å². The minimum absolute atomic E-state index is 0.105. The summed E-state index contributed by atoms with van der Waals surface area (Å²) in [4.78, 5) is 12.0. The minimum Gasteiger partial charge on any atom is -0.483 e. The van der Waals surface area contributed by atoms with E-state index in [1.807, 2.05) is 61.5 Å². The highest BCUT2D eigenvalue weighted by atomic mass is 16.5. The zero-order chi connectivity index (χ0) is 17.6. The normalized spacial score (nSPS) is 11.3. The second kappa shape index (κ2) is 7.49. The van der Waals surface area contributed by atoms with Gasteiger partial charge in [-0.15, -0.1) is 0 Å². The van der Waals surface area contributed by atoms with Crippen LogP contribution in [0.5, 0.6) is 5.75 Å². The number of carbonyl (C=O) groups is 1. The molecule has 0 fully saturated rings. The zero-order valence-electron chi connectivity index (χ0n) is 13.9. The summed E-state index contributed by atoms with van der Waals surface area (Å²) in [6, 6.07) is 20.9. The standard InChI is InChI=1S/C20H19N3O2/c1-14(15-9-11-17(21)12-10-15)22-23-20(24)13-25-19-8-4-6-16-5-2-3-7-18(16)19/h2-12H,13,21H2,1H3,(H,23,24). The summed E-state index contributed by atoms with van der Waals surface area (Å²) in [5.41, 5.74) is 10.4. The van der Waals surface area contributed by atoms with Crippen LogP contribution in [0.2, 0.25) is 0 Å². The number of benzene rings is 3. The third-order valence-corrected chi connectivity index (χ3v) is 3.79. The van der Waals surface area contributed by atoms with Gasteiger partial charge in [0.15, 0.2) is 6.61 Å². The summed E-state index contributed by atoms with van der Waals surface area (Å²) in [5, 5.41) is 6.13. The lowest BCUT2D eigenvalue weighted by Crippen LogP contribution is -2.25. The van der Waals surface area contributed by atoms with Crippen molar-refractivity contribution in [3.05, 3.63) is 72.3 Å². The number of hydrogen-bond donors (Lipinski definition) is 2. The van der Waals surface area contributed by atoms with Gasteiger partial charge >= 0.3 is 0 Å². The van der Waals surface area contributed by atoms with Crippen molar-refractivity contribution < 1.29 is 9.53 Å². The maximum Gasteiger partial charge on any atom is 0.277 e. The van der Waals surface area contributed by atoms with Gasteiger partial charge in [-0.2, -0.15) is 5.10 Å². The number of fused-ring (bicyclic) bond motifs is 1. The molecule has 3 aromatic rings. The first-order valence-electron chi connectivity index (χ1n) is 7.93. The Balaban J connectivity index is 1.61. The van der Waals surface area contributed by atoms with Crippen molar-refractivity contribution >= 4 is 28.1 Å². The Morgan fingerprint density at radius 3 is 2.56 bits per heavy atom. The van der Waals surface area contributed by atoms with E-state index in [0.29, 0.717) is 17.1 Å². The molecule has 0 aromatic heterocycles. The van der Waals surface area contributed by atoms with E-state index in [0.717, 1.165) is 16.3 Å². The van der Waals surface area contributed by atoms with Crippen LogP contribution in [-0.4, -0.2) is 18.2 Å². The molecule has 5 nitrogen and oxygen atoms in total. The van der Waals surface area contributed by atoms with Gasteiger partial charge in [0.1, 0.15) is 5.75 Å². The zero-order valence-corrected chi connectivity index (χ0v) is 13.9. The fraction of sp³-hybridized carbons (Fsp3) is 0.100. The van der Waals surface area contributed by atoms with E-state index >= 15 is 0 Å². The van der Waals surface area contributed by atoms with E-state index in [4.69, 9.17) is 10.5 Å². The van der Waals surface area contributed by atoms with Crippen molar-refractivity contribution in [2.45, 2.75) is 6.92 Å². The SMILES string of the molecule is CC(=NNC(=O)COc1cccc2ccccc12)c1ccc(N)cc1. The van der Waals surface area contributed by atoms with Crippen LogP contribution in [0.1, 0.15) is 12.5 Å². The molecule has 1 amide bonds. The fourth-order valence-corrected chi connectivity index (χ4v) is 2.43. The highest BCUT2D eigenvalue weighted by Gasteiger charge is 2.05. The number of nitrogens with two attached hydrogens (primary N) is 1. The molecule has 0 unspecified atom stereocenters. The third-order valence-electron chi connectivity index (χ3n) is 3.79. The third kappa shape index (κ3) is 4.14.